The van der Waals surface area contributed by atoms with Crippen molar-refractivity contribution in [3.63, 3.8) is 0 Å². The average molecular weight is 361 g/mol. The van der Waals surface area contributed by atoms with Gasteiger partial charge in [0.15, 0.2) is 0 Å². The number of piperidine rings is 1. The SMILES string of the molecule is O=C(c1ccc(F)cc1)N1CCC2(CC1)Nc1ccccc1-n1cccc12. The number of benzene rings is 2. The van der Waals surface area contributed by atoms with Gasteiger partial charge in [0.25, 0.3) is 5.91 Å². The fourth-order valence-electron chi connectivity index (χ4n) is 4.34. The van der Waals surface area contributed by atoms with E-state index in [1.165, 1.54) is 17.8 Å². The third-order valence-corrected chi connectivity index (χ3v) is 5.77. The number of halogens is 1. The summed E-state index contributed by atoms with van der Waals surface area (Å²) in [5.41, 5.74) is 3.90. The fraction of sp³-hybridized carbons (Fsp3) is 0.227. The van der Waals surface area contributed by atoms with E-state index in [1.807, 2.05) is 17.0 Å². The van der Waals surface area contributed by atoms with Crippen LogP contribution in [0, 0.1) is 5.82 Å². The van der Waals surface area contributed by atoms with Crippen LogP contribution in [0.3, 0.4) is 0 Å². The number of amides is 1. The number of hydrogen-bond acceptors (Lipinski definition) is 2. The number of aromatic nitrogens is 1. The van der Waals surface area contributed by atoms with Crippen molar-refractivity contribution in [1.29, 1.82) is 0 Å². The Labute approximate surface area is 157 Å². The van der Waals surface area contributed by atoms with E-state index >= 15 is 0 Å². The number of carbonyl (C=O) groups excluding carboxylic acids is 1. The zero-order chi connectivity index (χ0) is 18.4. The minimum Gasteiger partial charge on any atom is -0.372 e. The highest BCUT2D eigenvalue weighted by atomic mass is 19.1. The van der Waals surface area contributed by atoms with Crippen LogP contribution in [0.2, 0.25) is 0 Å². The maximum atomic E-state index is 13.1. The summed E-state index contributed by atoms with van der Waals surface area (Å²) < 4.78 is 15.4. The molecule has 0 saturated carbocycles. The van der Waals surface area contributed by atoms with Gasteiger partial charge in [-0.25, -0.2) is 4.39 Å². The number of anilines is 1. The first-order valence-corrected chi connectivity index (χ1v) is 9.27. The van der Waals surface area contributed by atoms with Gasteiger partial charge < -0.3 is 14.8 Å². The zero-order valence-electron chi connectivity index (χ0n) is 14.9. The molecule has 3 heterocycles. The van der Waals surface area contributed by atoms with Crippen LogP contribution in [0.25, 0.3) is 5.69 Å². The maximum absolute atomic E-state index is 13.1. The number of carbonyl (C=O) groups is 1. The van der Waals surface area contributed by atoms with Crippen molar-refractivity contribution in [2.45, 2.75) is 18.4 Å². The molecule has 0 aliphatic carbocycles. The molecule has 0 atom stereocenters. The normalized spacial score (nSPS) is 17.1. The second-order valence-corrected chi connectivity index (χ2v) is 7.29. The van der Waals surface area contributed by atoms with Gasteiger partial charge in [-0.1, -0.05) is 12.1 Å². The van der Waals surface area contributed by atoms with Gasteiger partial charge in [-0.3, -0.25) is 4.79 Å². The number of rotatable bonds is 1. The number of likely N-dealkylation sites (tertiary alicyclic amines) is 1. The van der Waals surface area contributed by atoms with E-state index in [0.717, 1.165) is 24.2 Å². The lowest BCUT2D eigenvalue weighted by molar-refractivity contribution is 0.0676. The molecule has 0 radical (unpaired) electrons. The molecule has 5 rings (SSSR count). The molecule has 5 heteroatoms. The lowest BCUT2D eigenvalue weighted by Crippen LogP contribution is -2.51. The van der Waals surface area contributed by atoms with Gasteiger partial charge >= 0.3 is 0 Å². The topological polar surface area (TPSA) is 37.3 Å². The summed E-state index contributed by atoms with van der Waals surface area (Å²) in [6.07, 6.45) is 3.77. The number of hydrogen-bond donors (Lipinski definition) is 1. The van der Waals surface area contributed by atoms with Gasteiger partial charge in [-0.15, -0.1) is 0 Å². The van der Waals surface area contributed by atoms with Crippen LogP contribution in [-0.4, -0.2) is 28.5 Å². The Kier molecular flexibility index (Phi) is 3.57. The van der Waals surface area contributed by atoms with Gasteiger partial charge in [0.05, 0.1) is 16.9 Å². The summed E-state index contributed by atoms with van der Waals surface area (Å²) in [6.45, 7) is 1.33. The lowest BCUT2D eigenvalue weighted by Gasteiger charge is -2.46. The fourth-order valence-corrected chi connectivity index (χ4v) is 4.34. The molecular weight excluding hydrogens is 341 g/mol. The quantitative estimate of drug-likeness (QED) is 0.706. The van der Waals surface area contributed by atoms with E-state index in [-0.39, 0.29) is 17.3 Å². The van der Waals surface area contributed by atoms with Crippen molar-refractivity contribution in [3.05, 3.63) is 83.9 Å². The minimum atomic E-state index is -0.324. The van der Waals surface area contributed by atoms with Gasteiger partial charge in [0.2, 0.25) is 0 Å². The first kappa shape index (κ1) is 16.1. The third-order valence-electron chi connectivity index (χ3n) is 5.77. The van der Waals surface area contributed by atoms with Crippen molar-refractivity contribution in [3.8, 4) is 5.69 Å². The van der Waals surface area contributed by atoms with Crippen LogP contribution >= 0.6 is 0 Å². The molecule has 1 spiro atoms. The molecule has 27 heavy (non-hydrogen) atoms. The van der Waals surface area contributed by atoms with Crippen molar-refractivity contribution in [2.24, 2.45) is 0 Å². The van der Waals surface area contributed by atoms with Crippen LogP contribution < -0.4 is 5.32 Å². The van der Waals surface area contributed by atoms with Crippen molar-refractivity contribution in [2.75, 3.05) is 18.4 Å². The zero-order valence-corrected chi connectivity index (χ0v) is 14.9. The van der Waals surface area contributed by atoms with Gasteiger partial charge in [-0.05, 0) is 61.4 Å². The minimum absolute atomic E-state index is 0.0311. The second-order valence-electron chi connectivity index (χ2n) is 7.29. The summed E-state index contributed by atoms with van der Waals surface area (Å²) in [6, 6.07) is 18.4. The van der Waals surface area contributed by atoms with E-state index in [2.05, 4.69) is 40.3 Å². The van der Waals surface area contributed by atoms with E-state index in [9.17, 15) is 9.18 Å². The van der Waals surface area contributed by atoms with Crippen molar-refractivity contribution in [1.82, 2.24) is 9.47 Å². The molecule has 3 aromatic rings. The Morgan fingerprint density at radius 2 is 1.70 bits per heavy atom. The van der Waals surface area contributed by atoms with Gasteiger partial charge in [-0.2, -0.15) is 0 Å². The lowest BCUT2D eigenvalue weighted by atomic mass is 9.82. The average Bonchev–Trinajstić information content (AvgIpc) is 3.20. The standard InChI is InChI=1S/C22H20FN3O/c23-17-9-7-16(8-10-17)21(27)25-14-11-22(12-15-25)20-6-3-13-26(20)19-5-2-1-4-18(19)24-22/h1-10,13,24H,11-12,14-15H2. The Morgan fingerprint density at radius 1 is 0.963 bits per heavy atom. The number of nitrogens with zero attached hydrogens (tertiary/aromatic N) is 2. The first-order chi connectivity index (χ1) is 13.2. The highest BCUT2D eigenvalue weighted by molar-refractivity contribution is 5.94. The highest BCUT2D eigenvalue weighted by Gasteiger charge is 2.42. The molecule has 1 N–H and O–H groups in total. The van der Waals surface area contributed by atoms with E-state index in [0.29, 0.717) is 18.7 Å². The molecule has 1 amide bonds. The molecular formula is C22H20FN3O. The smallest absolute Gasteiger partial charge is 0.253 e. The van der Waals surface area contributed by atoms with E-state index < -0.39 is 0 Å². The number of nitrogens with one attached hydrogen (secondary N) is 1. The first-order valence-electron chi connectivity index (χ1n) is 9.27. The Balaban J connectivity index is 1.40. The Bertz CT molecular complexity index is 1000. The van der Waals surface area contributed by atoms with Gasteiger partial charge in [0, 0.05) is 30.5 Å². The molecule has 0 bridgehead atoms. The van der Waals surface area contributed by atoms with Gasteiger partial charge in [0.1, 0.15) is 5.82 Å². The molecule has 2 aromatic carbocycles. The Hall–Kier alpha value is -3.08. The molecule has 2 aliphatic rings. The molecule has 136 valence electrons. The van der Waals surface area contributed by atoms with Crippen LogP contribution in [0.15, 0.2) is 66.9 Å². The summed E-state index contributed by atoms with van der Waals surface area (Å²) in [5, 5.41) is 3.75. The number of fused-ring (bicyclic) bond motifs is 4. The molecule has 1 aromatic heterocycles. The van der Waals surface area contributed by atoms with Crippen molar-refractivity contribution < 1.29 is 9.18 Å². The summed E-state index contributed by atoms with van der Waals surface area (Å²) >= 11 is 0. The predicted octanol–water partition coefficient (Wildman–Crippen LogP) is 4.17. The van der Waals surface area contributed by atoms with Crippen LogP contribution in [0.1, 0.15) is 28.9 Å². The largest absolute Gasteiger partial charge is 0.372 e. The maximum Gasteiger partial charge on any atom is 0.253 e. The summed E-state index contributed by atoms with van der Waals surface area (Å²) in [4.78, 5) is 14.6. The molecule has 1 saturated heterocycles. The second kappa shape index (κ2) is 5.98. The van der Waals surface area contributed by atoms with E-state index in [4.69, 9.17) is 0 Å². The van der Waals surface area contributed by atoms with Crippen molar-refractivity contribution >= 4 is 11.6 Å². The summed E-state index contributed by atoms with van der Waals surface area (Å²) in [5.74, 6) is -0.355. The molecule has 1 fully saturated rings. The van der Waals surface area contributed by atoms with Crippen LogP contribution in [0.4, 0.5) is 10.1 Å². The molecule has 2 aliphatic heterocycles. The monoisotopic (exact) mass is 361 g/mol. The predicted molar refractivity (Wildman–Crippen MR) is 103 cm³/mol. The number of para-hydroxylation sites is 2. The van der Waals surface area contributed by atoms with Crippen LogP contribution in [-0.2, 0) is 5.54 Å². The molecule has 0 unspecified atom stereocenters. The van der Waals surface area contributed by atoms with E-state index in [1.54, 1.807) is 12.1 Å². The third kappa shape index (κ3) is 2.53. The Morgan fingerprint density at radius 3 is 2.48 bits per heavy atom. The summed E-state index contributed by atoms with van der Waals surface area (Å²) in [7, 11) is 0. The van der Waals surface area contributed by atoms with Crippen LogP contribution in [0.5, 0.6) is 0 Å². The highest BCUT2D eigenvalue weighted by Crippen LogP contribution is 2.43. The molecule has 4 nitrogen and oxygen atoms in total.